The molecule has 5 heteroatoms. The first-order valence-corrected chi connectivity index (χ1v) is 5.28. The number of carbonyl (C=O) groups is 1. The Bertz CT molecular complexity index is 409. The Balaban J connectivity index is 2.92. The first-order valence-electron chi connectivity index (χ1n) is 5.28. The molecule has 0 heterocycles. The van der Waals surface area contributed by atoms with E-state index in [1.807, 2.05) is 6.92 Å². The summed E-state index contributed by atoms with van der Waals surface area (Å²) in [4.78, 5) is 13.5. The Hall–Kier alpha value is -1.62. The molecule has 1 unspecified atom stereocenters. The number of halogens is 1. The van der Waals surface area contributed by atoms with Crippen LogP contribution in [0.5, 0.6) is 0 Å². The van der Waals surface area contributed by atoms with Crippen molar-refractivity contribution in [2.75, 3.05) is 26.5 Å². The lowest BCUT2D eigenvalue weighted by Gasteiger charge is -2.24. The van der Waals surface area contributed by atoms with Crippen molar-refractivity contribution < 1.29 is 13.9 Å². The van der Waals surface area contributed by atoms with Gasteiger partial charge in [0, 0.05) is 19.8 Å². The number of anilines is 1. The van der Waals surface area contributed by atoms with E-state index in [0.717, 1.165) is 6.07 Å². The van der Waals surface area contributed by atoms with E-state index in [1.54, 1.807) is 14.2 Å². The summed E-state index contributed by atoms with van der Waals surface area (Å²) >= 11 is 0. The van der Waals surface area contributed by atoms with Crippen molar-refractivity contribution in [2.24, 2.45) is 0 Å². The molecule has 94 valence electrons. The predicted molar refractivity (Wildman–Crippen MR) is 64.2 cm³/mol. The lowest BCUT2D eigenvalue weighted by atomic mass is 10.1. The Labute approximate surface area is 100 Å². The van der Waals surface area contributed by atoms with Crippen LogP contribution in [0.2, 0.25) is 0 Å². The van der Waals surface area contributed by atoms with Gasteiger partial charge in [0.2, 0.25) is 0 Å². The van der Waals surface area contributed by atoms with Crippen LogP contribution in [0.25, 0.3) is 0 Å². The number of likely N-dealkylation sites (N-methyl/N-ethyl adjacent to an activating group) is 1. The summed E-state index contributed by atoms with van der Waals surface area (Å²) < 4.78 is 18.0. The maximum Gasteiger partial charge on any atom is 0.256 e. The second-order valence-electron chi connectivity index (χ2n) is 3.95. The van der Waals surface area contributed by atoms with Crippen LogP contribution in [0.3, 0.4) is 0 Å². The predicted octanol–water partition coefficient (Wildman–Crippen LogP) is 1.51. The van der Waals surface area contributed by atoms with E-state index in [1.165, 1.54) is 17.0 Å². The molecule has 17 heavy (non-hydrogen) atoms. The van der Waals surface area contributed by atoms with Gasteiger partial charge in [-0.2, -0.15) is 0 Å². The van der Waals surface area contributed by atoms with E-state index in [9.17, 15) is 9.18 Å². The molecule has 0 aliphatic carbocycles. The number of methoxy groups -OCH3 is 1. The van der Waals surface area contributed by atoms with Crippen LogP contribution in [-0.4, -0.2) is 37.6 Å². The molecule has 0 aromatic heterocycles. The van der Waals surface area contributed by atoms with Crippen molar-refractivity contribution in [3.05, 3.63) is 29.6 Å². The van der Waals surface area contributed by atoms with Gasteiger partial charge in [0.1, 0.15) is 5.82 Å². The molecule has 0 bridgehead atoms. The quantitative estimate of drug-likeness (QED) is 0.812. The highest BCUT2D eigenvalue weighted by molar-refractivity contribution is 5.99. The minimum Gasteiger partial charge on any atom is -0.398 e. The summed E-state index contributed by atoms with van der Waals surface area (Å²) in [5.41, 5.74) is 6.10. The van der Waals surface area contributed by atoms with Crippen molar-refractivity contribution in [1.29, 1.82) is 0 Å². The van der Waals surface area contributed by atoms with Gasteiger partial charge in [0.15, 0.2) is 0 Å². The standard InChI is InChI=1S/C12H17FN2O2/c1-8(7-17-3)15(2)12(16)10-6-9(13)4-5-11(10)14/h4-6,8H,7,14H2,1-3H3. The summed E-state index contributed by atoms with van der Waals surface area (Å²) in [6.45, 7) is 2.26. The minimum absolute atomic E-state index is 0.102. The van der Waals surface area contributed by atoms with Crippen LogP contribution in [0.4, 0.5) is 10.1 Å². The van der Waals surface area contributed by atoms with Gasteiger partial charge in [-0.15, -0.1) is 0 Å². The third kappa shape index (κ3) is 3.17. The SMILES string of the molecule is COCC(C)N(C)C(=O)c1cc(F)ccc1N. The lowest BCUT2D eigenvalue weighted by Crippen LogP contribution is -2.38. The monoisotopic (exact) mass is 240 g/mol. The highest BCUT2D eigenvalue weighted by Gasteiger charge is 2.19. The van der Waals surface area contributed by atoms with Gasteiger partial charge < -0.3 is 15.4 Å². The zero-order valence-electron chi connectivity index (χ0n) is 10.2. The molecule has 0 spiro atoms. The number of ether oxygens (including phenoxy) is 1. The van der Waals surface area contributed by atoms with Crippen molar-refractivity contribution >= 4 is 11.6 Å². The molecule has 1 atom stereocenters. The van der Waals surface area contributed by atoms with Gasteiger partial charge in [-0.25, -0.2) is 4.39 Å². The number of carbonyl (C=O) groups excluding carboxylic acids is 1. The number of hydrogen-bond donors (Lipinski definition) is 1. The van der Waals surface area contributed by atoms with Crippen molar-refractivity contribution in [3.8, 4) is 0 Å². The third-order valence-corrected chi connectivity index (χ3v) is 2.64. The Morgan fingerprint density at radius 3 is 2.82 bits per heavy atom. The fraction of sp³-hybridized carbons (Fsp3) is 0.417. The Morgan fingerprint density at radius 2 is 2.24 bits per heavy atom. The largest absolute Gasteiger partial charge is 0.398 e. The highest BCUT2D eigenvalue weighted by Crippen LogP contribution is 2.16. The van der Waals surface area contributed by atoms with Gasteiger partial charge >= 0.3 is 0 Å². The van der Waals surface area contributed by atoms with Crippen molar-refractivity contribution in [2.45, 2.75) is 13.0 Å². The molecule has 1 aromatic rings. The second kappa shape index (κ2) is 5.63. The number of nitrogens with two attached hydrogens (primary N) is 1. The number of nitrogens with zero attached hydrogens (tertiary/aromatic N) is 1. The van der Waals surface area contributed by atoms with Crippen molar-refractivity contribution in [3.63, 3.8) is 0 Å². The van der Waals surface area contributed by atoms with E-state index in [2.05, 4.69) is 0 Å². The number of benzene rings is 1. The molecule has 0 aliphatic heterocycles. The summed E-state index contributed by atoms with van der Waals surface area (Å²) in [5.74, 6) is -0.790. The minimum atomic E-state index is -0.477. The van der Waals surface area contributed by atoms with Gasteiger partial charge in [0.25, 0.3) is 5.91 Å². The van der Waals surface area contributed by atoms with Crippen LogP contribution in [0, 0.1) is 5.82 Å². The first kappa shape index (κ1) is 13.4. The van der Waals surface area contributed by atoms with E-state index in [4.69, 9.17) is 10.5 Å². The molecule has 1 aromatic carbocycles. The van der Waals surface area contributed by atoms with Crippen LogP contribution in [-0.2, 0) is 4.74 Å². The molecule has 4 nitrogen and oxygen atoms in total. The number of hydrogen-bond acceptors (Lipinski definition) is 3. The van der Waals surface area contributed by atoms with Gasteiger partial charge in [-0.3, -0.25) is 4.79 Å². The van der Waals surface area contributed by atoms with Gasteiger partial charge in [0.05, 0.1) is 18.2 Å². The topological polar surface area (TPSA) is 55.6 Å². The summed E-state index contributed by atoms with van der Waals surface area (Å²) in [7, 11) is 3.20. The summed E-state index contributed by atoms with van der Waals surface area (Å²) in [6.07, 6.45) is 0. The fourth-order valence-electron chi connectivity index (χ4n) is 1.46. The van der Waals surface area contributed by atoms with E-state index < -0.39 is 5.82 Å². The number of amides is 1. The maximum atomic E-state index is 13.1. The van der Waals surface area contributed by atoms with E-state index >= 15 is 0 Å². The van der Waals surface area contributed by atoms with Crippen LogP contribution in [0.1, 0.15) is 17.3 Å². The van der Waals surface area contributed by atoms with E-state index in [0.29, 0.717) is 6.61 Å². The lowest BCUT2D eigenvalue weighted by molar-refractivity contribution is 0.0634. The third-order valence-electron chi connectivity index (χ3n) is 2.64. The summed E-state index contributed by atoms with van der Waals surface area (Å²) in [6, 6.07) is 3.66. The second-order valence-corrected chi connectivity index (χ2v) is 3.95. The van der Waals surface area contributed by atoms with Crippen molar-refractivity contribution in [1.82, 2.24) is 4.90 Å². The zero-order valence-corrected chi connectivity index (χ0v) is 10.2. The van der Waals surface area contributed by atoms with Crippen LogP contribution < -0.4 is 5.73 Å². The van der Waals surface area contributed by atoms with Gasteiger partial charge in [-0.1, -0.05) is 0 Å². The number of nitrogen functional groups attached to an aromatic ring is 1. The van der Waals surface area contributed by atoms with Gasteiger partial charge in [-0.05, 0) is 25.1 Å². The molecule has 0 fully saturated rings. The molecule has 0 saturated carbocycles. The first-order chi connectivity index (χ1) is 7.97. The van der Waals surface area contributed by atoms with Crippen LogP contribution >= 0.6 is 0 Å². The zero-order chi connectivity index (χ0) is 13.0. The Kier molecular flexibility index (Phi) is 4.45. The smallest absolute Gasteiger partial charge is 0.256 e. The highest BCUT2D eigenvalue weighted by atomic mass is 19.1. The normalized spacial score (nSPS) is 12.2. The molecular formula is C12H17FN2O2. The molecule has 0 aliphatic rings. The fourth-order valence-corrected chi connectivity index (χ4v) is 1.46. The molecular weight excluding hydrogens is 223 g/mol. The average molecular weight is 240 g/mol. The molecule has 0 saturated heterocycles. The molecule has 1 rings (SSSR count). The molecule has 2 N–H and O–H groups in total. The maximum absolute atomic E-state index is 13.1. The Morgan fingerprint density at radius 1 is 1.59 bits per heavy atom. The molecule has 1 amide bonds. The summed E-state index contributed by atoms with van der Waals surface area (Å²) in [5, 5.41) is 0. The average Bonchev–Trinajstić information content (AvgIpc) is 2.30. The van der Waals surface area contributed by atoms with E-state index in [-0.39, 0.29) is 23.2 Å². The van der Waals surface area contributed by atoms with Crippen LogP contribution in [0.15, 0.2) is 18.2 Å². The number of rotatable bonds is 4. The molecule has 0 radical (unpaired) electrons.